The van der Waals surface area contributed by atoms with Crippen molar-refractivity contribution >= 4 is 70.5 Å². The van der Waals surface area contributed by atoms with Crippen LogP contribution in [-0.2, 0) is 52.6 Å². The predicted molar refractivity (Wildman–Crippen MR) is 375 cm³/mol. The van der Waals surface area contributed by atoms with Gasteiger partial charge in [-0.05, 0) is 132 Å². The number of carbonyl (C=O) groups excluding carboxylic acids is 7. The van der Waals surface area contributed by atoms with E-state index in [1.165, 1.54) is 12.1 Å². The fraction of sp³-hybridized carbons (Fsp3) is 0.465. The van der Waals surface area contributed by atoms with E-state index in [1.807, 2.05) is 34.6 Å². The van der Waals surface area contributed by atoms with Crippen LogP contribution in [0.3, 0.4) is 0 Å². The number of nitrogens with zero attached hydrogens (tertiary/aromatic N) is 1. The van der Waals surface area contributed by atoms with Gasteiger partial charge in [0.2, 0.25) is 53.4 Å². The summed E-state index contributed by atoms with van der Waals surface area (Å²) in [7, 11) is 3.26. The lowest BCUT2D eigenvalue weighted by atomic mass is 9.85. The first-order valence-electron chi connectivity index (χ1n) is 33.6. The first-order valence-corrected chi connectivity index (χ1v) is 34.4. The quantitative estimate of drug-likeness (QED) is 0.0798. The van der Waals surface area contributed by atoms with Crippen LogP contribution in [0.1, 0.15) is 114 Å². The van der Waals surface area contributed by atoms with Crippen LogP contribution in [-0.4, -0.2) is 215 Å². The number of aliphatic hydroxyl groups is 6. The monoisotopic (exact) mass is 1520 g/mol. The van der Waals surface area contributed by atoms with Crippen molar-refractivity contribution in [2.75, 3.05) is 20.7 Å². The molecule has 10 unspecified atom stereocenters. The Bertz CT molecular complexity index is 4140. The molecule has 9 bridgehead atoms. The van der Waals surface area contributed by atoms with Crippen molar-refractivity contribution in [3.8, 4) is 51.4 Å². The number of halogens is 2. The van der Waals surface area contributed by atoms with E-state index in [0.29, 0.717) is 0 Å². The van der Waals surface area contributed by atoms with Crippen LogP contribution in [0, 0.1) is 5.92 Å². The SMILES string of the molecule is C=C/C1=C(Cl)\C=C\[C@@H](O)[C@@H]2NC(=O)[C@H](NC(=O)[C@@H]3NC(=O)[C@H](CC(N)=O)NC(=O)[C@H](NC(=O)[C@@H](CC(C)C)N(C)C(C)(C)C)[C@H](O)c4ccc(c(Cl)c4)Oc4cc3cc(c4OC3OC(CO)C(O)C(O)C3OC3CC(C)(NC)C(O)C(C)O3)O1)c1ccc(O)c(c1)-c1c(O)cc(O)cc1C(C(=O)O)NC2=O. The minimum atomic E-state index is -2.37. The predicted octanol–water partition coefficient (Wildman–Crippen LogP) is 1.33. The minimum Gasteiger partial charge on any atom is -0.508 e. The molecule has 2 saturated heterocycles. The van der Waals surface area contributed by atoms with Crippen LogP contribution in [0.15, 0.2) is 96.3 Å². The Morgan fingerprint density at radius 2 is 1.46 bits per heavy atom. The van der Waals surface area contributed by atoms with Crippen LogP contribution in [0.2, 0.25) is 5.02 Å². The Morgan fingerprint density at radius 1 is 0.811 bits per heavy atom. The topological polar surface area (TPSA) is 508 Å². The number of fused-ring (bicyclic) bond motifs is 17. The van der Waals surface area contributed by atoms with E-state index in [0.717, 1.165) is 66.8 Å². The van der Waals surface area contributed by atoms with Crippen LogP contribution in [0.25, 0.3) is 11.1 Å². The molecule has 0 radical (unpaired) electrons. The first-order chi connectivity index (χ1) is 49.8. The molecule has 18 atom stereocenters. The Labute approximate surface area is 617 Å². The maximum Gasteiger partial charge on any atom is 0.330 e. The highest BCUT2D eigenvalue weighted by Gasteiger charge is 2.52. The number of likely N-dealkylation sites (N-methyl/N-ethyl adjacent to an activating group) is 2. The van der Waals surface area contributed by atoms with Gasteiger partial charge in [-0.15, -0.1) is 0 Å². The normalized spacial score (nSPS) is 30.2. The van der Waals surface area contributed by atoms with Crippen LogP contribution < -0.4 is 57.2 Å². The van der Waals surface area contributed by atoms with Gasteiger partial charge in [0.25, 0.3) is 0 Å². The zero-order chi connectivity index (χ0) is 78.0. The van der Waals surface area contributed by atoms with E-state index >= 15 is 19.2 Å². The summed E-state index contributed by atoms with van der Waals surface area (Å²) in [6.07, 6.45) is -15.5. The standard InChI is InChI=1S/C71H87Cl2N9O24/c1-11-43-36(72)14-16-41(86)54-66(97)79-53(68(99)100)35-23-33(84)24-42(87)50(35)34-19-30(12-15-40(34)85)51(64(95)80-54)78-65(96)52-32-21-45(102-43)59(106-69-60(58(91)57(90)47(27-83)104-69)105-49-26-71(8,75-9)61(92)29(4)101-49)46(22-32)103-44-17-13-31(20-37(44)73)56(89)55(67(98)76-38(25-48(74)88)62(93)77-52)81-63(94)39(18-28(2)3)82(10)70(5,6)7/h11-17,19-24,28-29,38-39,41,47,49,51-58,60-61,69,75,83-87,89-92H,1,18,25-27H2,2-10H3,(H2,74,88)(H,76,98)(H,77,93)(H,78,96)(H,79,97)(H,80,95)(H,81,94)(H,99,100)/b16-14+,43-36-/t29?,38-,39+,41+,47?,49?,51+,52+,53?,54-,55+,56+,57?,58?,60?,61?,69?,71?/m0/s1. The number of rotatable bonds is 15. The van der Waals surface area contributed by atoms with E-state index in [2.05, 4.69) is 43.8 Å². The van der Waals surface area contributed by atoms with E-state index in [9.17, 15) is 70.2 Å². The molecule has 4 aromatic carbocycles. The van der Waals surface area contributed by atoms with Gasteiger partial charge in [0, 0.05) is 40.3 Å². The second-order valence-corrected chi connectivity index (χ2v) is 28.8. The summed E-state index contributed by atoms with van der Waals surface area (Å²) in [5, 5.41) is 131. The van der Waals surface area contributed by atoms with E-state index < -0.39 is 243 Å². The number of ether oxygens (including phenoxy) is 6. The third-order valence-electron chi connectivity index (χ3n) is 19.0. The molecule has 10 rings (SSSR count). The van der Waals surface area contributed by atoms with Gasteiger partial charge in [0.05, 0.1) is 41.3 Å². The lowest BCUT2D eigenvalue weighted by Gasteiger charge is -2.48. The number of carboxylic acids is 1. The molecule has 574 valence electrons. The summed E-state index contributed by atoms with van der Waals surface area (Å²) in [5.74, 6) is -16.2. The fourth-order valence-corrected chi connectivity index (χ4v) is 13.3. The number of aromatic hydroxyl groups is 3. The summed E-state index contributed by atoms with van der Waals surface area (Å²) in [6, 6.07) is -4.06. The molecule has 0 aromatic heterocycles. The van der Waals surface area contributed by atoms with E-state index in [-0.39, 0.29) is 40.7 Å². The van der Waals surface area contributed by atoms with Gasteiger partial charge in [0.15, 0.2) is 29.9 Å². The molecular formula is C71H87Cl2N9O24. The van der Waals surface area contributed by atoms with Crippen molar-refractivity contribution in [2.24, 2.45) is 11.7 Å². The highest BCUT2D eigenvalue weighted by atomic mass is 35.5. The number of nitrogens with two attached hydrogens (primary N) is 1. The van der Waals surface area contributed by atoms with Gasteiger partial charge >= 0.3 is 5.97 Å². The van der Waals surface area contributed by atoms with Gasteiger partial charge < -0.3 is 122 Å². The van der Waals surface area contributed by atoms with E-state index in [4.69, 9.17) is 57.4 Å². The molecule has 4 aromatic rings. The van der Waals surface area contributed by atoms with Crippen LogP contribution in [0.5, 0.6) is 40.2 Å². The molecule has 0 aliphatic carbocycles. The van der Waals surface area contributed by atoms with Crippen molar-refractivity contribution in [1.82, 2.24) is 42.1 Å². The number of phenolic OH excluding ortho intramolecular Hbond substituents is 3. The fourth-order valence-electron chi connectivity index (χ4n) is 12.8. The third kappa shape index (κ3) is 17.6. The average molecular weight is 1520 g/mol. The van der Waals surface area contributed by atoms with E-state index in [1.54, 1.807) is 32.8 Å². The van der Waals surface area contributed by atoms with Gasteiger partial charge in [0.1, 0.15) is 89.5 Å². The molecule has 33 nitrogen and oxygen atoms in total. The minimum absolute atomic E-state index is 0.119. The van der Waals surface area contributed by atoms with Crippen molar-refractivity contribution in [1.29, 1.82) is 0 Å². The number of hydrogen-bond donors (Lipinski definition) is 18. The first kappa shape index (κ1) is 80.9. The summed E-state index contributed by atoms with van der Waals surface area (Å²) >= 11 is 14.2. The number of allylic oxidation sites excluding steroid dienone is 3. The summed E-state index contributed by atoms with van der Waals surface area (Å²) in [5.41, 5.74) is 1.43. The Morgan fingerprint density at radius 3 is 2.08 bits per heavy atom. The summed E-state index contributed by atoms with van der Waals surface area (Å²) in [6.45, 7) is 15.3. The number of benzene rings is 4. The molecule has 6 aliphatic rings. The number of amides is 7. The van der Waals surface area contributed by atoms with Gasteiger partial charge in [-0.1, -0.05) is 61.8 Å². The second-order valence-electron chi connectivity index (χ2n) is 28.0. The van der Waals surface area contributed by atoms with Gasteiger partial charge in [-0.2, -0.15) is 0 Å². The number of carboxylic acid groups (broad SMARTS) is 1. The van der Waals surface area contributed by atoms with Crippen LogP contribution in [0.4, 0.5) is 0 Å². The number of nitrogens with one attached hydrogen (secondary N) is 7. The molecule has 0 spiro atoms. The smallest absolute Gasteiger partial charge is 0.330 e. The summed E-state index contributed by atoms with van der Waals surface area (Å²) in [4.78, 5) is 120. The summed E-state index contributed by atoms with van der Waals surface area (Å²) < 4.78 is 38.6. The molecule has 2 fully saturated rings. The molecule has 6 heterocycles. The number of aliphatic carboxylic acids is 1. The molecular weight excluding hydrogens is 1430 g/mol. The lowest BCUT2D eigenvalue weighted by Crippen LogP contribution is -2.65. The molecule has 7 amide bonds. The van der Waals surface area contributed by atoms with Crippen molar-refractivity contribution in [3.63, 3.8) is 0 Å². The van der Waals surface area contributed by atoms with Crippen molar-refractivity contribution in [3.05, 3.63) is 124 Å². The van der Waals surface area contributed by atoms with Gasteiger partial charge in [-0.25, -0.2) is 4.79 Å². The Balaban J connectivity index is 1.33. The molecule has 35 heteroatoms. The Hall–Kier alpha value is -9.20. The molecule has 0 saturated carbocycles. The average Bonchev–Trinajstić information content (AvgIpc) is 0.768. The number of phenols is 3. The Kier molecular flexibility index (Phi) is 25.1. The maximum absolute atomic E-state index is 16.1. The number of carbonyl (C=O) groups is 8. The highest BCUT2D eigenvalue weighted by Crippen LogP contribution is 2.49. The number of primary amides is 1. The zero-order valence-corrected chi connectivity index (χ0v) is 60.4. The van der Waals surface area contributed by atoms with Crippen molar-refractivity contribution in [2.45, 2.75) is 183 Å². The largest absolute Gasteiger partial charge is 0.508 e. The molecule has 106 heavy (non-hydrogen) atoms. The lowest BCUT2D eigenvalue weighted by molar-refractivity contribution is -0.334. The maximum atomic E-state index is 16.1. The van der Waals surface area contributed by atoms with Crippen molar-refractivity contribution < 1.29 is 118 Å². The highest BCUT2D eigenvalue weighted by molar-refractivity contribution is 6.32. The van der Waals surface area contributed by atoms with Crippen LogP contribution >= 0.6 is 23.2 Å². The third-order valence-corrected chi connectivity index (χ3v) is 19.7. The zero-order valence-electron chi connectivity index (χ0n) is 58.9. The van der Waals surface area contributed by atoms with Gasteiger partial charge in [-0.3, -0.25) is 38.5 Å². The molecule has 19 N–H and O–H groups in total. The number of aliphatic hydroxyl groups excluding tert-OH is 6. The number of hydrogen-bond acceptors (Lipinski definition) is 25. The molecule has 6 aliphatic heterocycles. The second kappa shape index (κ2) is 32.9.